The Kier molecular flexibility index (Phi) is 10.5. The largest absolute Gasteiger partial charge is 0.412 e. The molecule has 0 fully saturated rings. The van der Waals surface area contributed by atoms with Crippen LogP contribution in [0.4, 0.5) is 0 Å². The second-order valence-electron chi connectivity index (χ2n) is 2.54. The van der Waals surface area contributed by atoms with Crippen LogP contribution < -0.4 is 11.1 Å². The zero-order valence-corrected chi connectivity index (χ0v) is 10.2. The molecule has 0 saturated carbocycles. The SMILES string of the molecule is CN=C(N)CCNCCSP(=O)(O)O.O. The van der Waals surface area contributed by atoms with Gasteiger partial charge in [0.25, 0.3) is 0 Å². The highest BCUT2D eigenvalue weighted by atomic mass is 32.7. The first-order valence-electron chi connectivity index (χ1n) is 4.07. The monoisotopic (exact) mass is 259 g/mol. The Labute approximate surface area is 92.8 Å². The van der Waals surface area contributed by atoms with Crippen molar-refractivity contribution < 1.29 is 19.8 Å². The Morgan fingerprint density at radius 3 is 2.60 bits per heavy atom. The number of rotatable bonds is 7. The number of nitrogens with zero attached hydrogens (tertiary/aromatic N) is 1. The van der Waals surface area contributed by atoms with Crippen LogP contribution in [0.1, 0.15) is 6.42 Å². The Morgan fingerprint density at radius 1 is 1.53 bits per heavy atom. The number of aliphatic imine (C=N–C) groups is 1. The van der Waals surface area contributed by atoms with Gasteiger partial charge in [0.1, 0.15) is 0 Å². The first-order chi connectivity index (χ1) is 6.45. The van der Waals surface area contributed by atoms with Gasteiger partial charge >= 0.3 is 6.80 Å². The van der Waals surface area contributed by atoms with Gasteiger partial charge in [0, 0.05) is 32.3 Å². The molecule has 0 radical (unpaired) electrons. The van der Waals surface area contributed by atoms with Crippen LogP contribution in [0.5, 0.6) is 0 Å². The van der Waals surface area contributed by atoms with E-state index in [0.717, 1.165) is 0 Å². The van der Waals surface area contributed by atoms with Crippen molar-refractivity contribution in [1.82, 2.24) is 5.32 Å². The zero-order chi connectivity index (χ0) is 11.0. The van der Waals surface area contributed by atoms with Crippen molar-refractivity contribution in [2.75, 3.05) is 25.9 Å². The maximum Gasteiger partial charge on any atom is 0.384 e. The zero-order valence-electron chi connectivity index (χ0n) is 8.51. The summed E-state index contributed by atoms with van der Waals surface area (Å²) >= 11 is 0.641. The topological polar surface area (TPSA) is 139 Å². The highest BCUT2D eigenvalue weighted by Gasteiger charge is 2.11. The fourth-order valence-electron chi connectivity index (χ4n) is 0.690. The fraction of sp³-hybridized carbons (Fsp3) is 0.833. The summed E-state index contributed by atoms with van der Waals surface area (Å²) in [4.78, 5) is 20.8. The van der Waals surface area contributed by atoms with E-state index in [-0.39, 0.29) is 5.48 Å². The van der Waals surface area contributed by atoms with Gasteiger partial charge in [-0.1, -0.05) is 0 Å². The van der Waals surface area contributed by atoms with Crippen molar-refractivity contribution >= 4 is 24.0 Å². The van der Waals surface area contributed by atoms with Gasteiger partial charge in [-0.2, -0.15) is 0 Å². The van der Waals surface area contributed by atoms with E-state index in [9.17, 15) is 4.57 Å². The molecule has 0 atom stereocenters. The number of amidine groups is 1. The second kappa shape index (κ2) is 9.14. The summed E-state index contributed by atoms with van der Waals surface area (Å²) in [6.45, 7) is -2.69. The number of nitrogens with one attached hydrogen (secondary N) is 1. The van der Waals surface area contributed by atoms with Gasteiger partial charge in [-0.15, -0.1) is 0 Å². The molecule has 0 unspecified atom stereocenters. The van der Waals surface area contributed by atoms with E-state index < -0.39 is 6.80 Å². The summed E-state index contributed by atoms with van der Waals surface area (Å²) in [5.74, 6) is 0.952. The summed E-state index contributed by atoms with van der Waals surface area (Å²) in [5.41, 5.74) is 5.44. The van der Waals surface area contributed by atoms with Gasteiger partial charge in [0.15, 0.2) is 0 Å². The van der Waals surface area contributed by atoms with E-state index in [1.807, 2.05) is 0 Å². The minimum atomic E-state index is -3.91. The maximum atomic E-state index is 10.4. The summed E-state index contributed by atoms with van der Waals surface area (Å²) in [5, 5.41) is 3.00. The van der Waals surface area contributed by atoms with Crippen LogP contribution in [0, 0.1) is 0 Å². The number of hydrogen-bond acceptors (Lipinski definition) is 4. The quantitative estimate of drug-likeness (QED) is 0.199. The van der Waals surface area contributed by atoms with Crippen LogP contribution in [0.2, 0.25) is 0 Å². The Balaban J connectivity index is 0. The predicted molar refractivity (Wildman–Crippen MR) is 63.1 cm³/mol. The predicted octanol–water partition coefficient (Wildman–Crippen LogP) is -1.05. The fourth-order valence-corrected chi connectivity index (χ4v) is 2.15. The third kappa shape index (κ3) is 13.9. The first kappa shape index (κ1) is 17.3. The van der Waals surface area contributed by atoms with E-state index in [0.29, 0.717) is 42.5 Å². The van der Waals surface area contributed by atoms with Crippen LogP contribution in [0.15, 0.2) is 4.99 Å². The molecule has 92 valence electrons. The van der Waals surface area contributed by atoms with Crippen molar-refractivity contribution in [3.63, 3.8) is 0 Å². The molecule has 0 aliphatic heterocycles. The summed E-state index contributed by atoms with van der Waals surface area (Å²) in [7, 11) is 1.62. The van der Waals surface area contributed by atoms with Gasteiger partial charge in [-0.3, -0.25) is 4.99 Å². The number of hydrogen-bond donors (Lipinski definition) is 4. The van der Waals surface area contributed by atoms with E-state index in [4.69, 9.17) is 15.5 Å². The third-order valence-corrected chi connectivity index (χ3v) is 3.66. The van der Waals surface area contributed by atoms with Crippen LogP contribution in [-0.4, -0.2) is 47.0 Å². The van der Waals surface area contributed by atoms with Crippen LogP contribution in [0.25, 0.3) is 0 Å². The van der Waals surface area contributed by atoms with Crippen molar-refractivity contribution in [3.8, 4) is 0 Å². The average Bonchev–Trinajstić information content (AvgIpc) is 2.08. The molecule has 0 aromatic heterocycles. The van der Waals surface area contributed by atoms with E-state index in [1.54, 1.807) is 7.05 Å². The summed E-state index contributed by atoms with van der Waals surface area (Å²) in [6, 6.07) is 0. The minimum absolute atomic E-state index is 0. The molecule has 0 aromatic carbocycles. The molecule has 0 spiro atoms. The van der Waals surface area contributed by atoms with Crippen LogP contribution >= 0.6 is 18.2 Å². The van der Waals surface area contributed by atoms with Crippen molar-refractivity contribution in [2.24, 2.45) is 10.7 Å². The van der Waals surface area contributed by atoms with Crippen LogP contribution in [0.3, 0.4) is 0 Å². The molecule has 0 aliphatic carbocycles. The lowest BCUT2D eigenvalue weighted by Crippen LogP contribution is -2.23. The van der Waals surface area contributed by atoms with Gasteiger partial charge in [-0.05, 0) is 11.4 Å². The second-order valence-corrected chi connectivity index (χ2v) is 6.39. The van der Waals surface area contributed by atoms with Crippen LogP contribution in [-0.2, 0) is 4.57 Å². The van der Waals surface area contributed by atoms with Crippen molar-refractivity contribution in [3.05, 3.63) is 0 Å². The van der Waals surface area contributed by atoms with E-state index in [2.05, 4.69) is 10.3 Å². The number of nitrogens with two attached hydrogens (primary N) is 1. The smallest absolute Gasteiger partial charge is 0.384 e. The molecular formula is C6H18N3O4PS. The Hall–Kier alpha value is -0.110. The molecule has 0 amide bonds. The molecule has 15 heavy (non-hydrogen) atoms. The molecule has 0 bridgehead atoms. The molecule has 0 heterocycles. The summed E-state index contributed by atoms with van der Waals surface area (Å²) in [6.07, 6.45) is 0.650. The van der Waals surface area contributed by atoms with Gasteiger partial charge in [0.2, 0.25) is 0 Å². The highest BCUT2D eigenvalue weighted by Crippen LogP contribution is 2.49. The molecule has 9 heteroatoms. The standard InChI is InChI=1S/C6H16N3O3PS.H2O/c1-8-6(7)2-3-9-4-5-14-13(10,11)12;/h9H,2-5H2,1H3,(H2,7,8)(H2,10,11,12);1H2. The summed E-state index contributed by atoms with van der Waals surface area (Å²) < 4.78 is 10.4. The third-order valence-electron chi connectivity index (χ3n) is 1.38. The van der Waals surface area contributed by atoms with Gasteiger partial charge in [0.05, 0.1) is 5.84 Å². The van der Waals surface area contributed by atoms with Crippen molar-refractivity contribution in [2.45, 2.75) is 6.42 Å². The first-order valence-corrected chi connectivity index (χ1v) is 7.28. The maximum absolute atomic E-state index is 10.4. The molecule has 7 nitrogen and oxygen atoms in total. The highest BCUT2D eigenvalue weighted by molar-refractivity contribution is 8.54. The molecule has 0 aromatic rings. The minimum Gasteiger partial charge on any atom is -0.412 e. The lowest BCUT2D eigenvalue weighted by molar-refractivity contribution is 0.397. The molecule has 0 saturated heterocycles. The van der Waals surface area contributed by atoms with Gasteiger partial charge in [-0.25, -0.2) is 4.57 Å². The van der Waals surface area contributed by atoms with Crippen molar-refractivity contribution in [1.29, 1.82) is 0 Å². The lowest BCUT2D eigenvalue weighted by Gasteiger charge is -2.04. The molecule has 0 aliphatic rings. The average molecular weight is 259 g/mol. The Bertz CT molecular complexity index is 232. The van der Waals surface area contributed by atoms with Gasteiger partial charge < -0.3 is 26.3 Å². The molecule has 0 rings (SSSR count). The van der Waals surface area contributed by atoms with E-state index >= 15 is 0 Å². The normalized spacial score (nSPS) is 12.3. The lowest BCUT2D eigenvalue weighted by atomic mass is 10.4. The van der Waals surface area contributed by atoms with E-state index in [1.165, 1.54) is 0 Å². The molecule has 7 N–H and O–H groups in total. The molecular weight excluding hydrogens is 241 g/mol. The Morgan fingerprint density at radius 2 is 2.13 bits per heavy atom.